The smallest absolute Gasteiger partial charge is 0.267 e. The zero-order chi connectivity index (χ0) is 12.0. The monoisotopic (exact) mass is 224 g/mol. The van der Waals surface area contributed by atoms with Crippen molar-refractivity contribution in [2.24, 2.45) is 5.92 Å². The highest BCUT2D eigenvalue weighted by molar-refractivity contribution is 5.92. The van der Waals surface area contributed by atoms with Gasteiger partial charge in [0.05, 0.1) is 0 Å². The molecule has 0 aliphatic heterocycles. The fourth-order valence-electron chi connectivity index (χ4n) is 1.58. The van der Waals surface area contributed by atoms with Crippen LogP contribution in [0, 0.1) is 5.92 Å². The molecule has 1 heterocycles. The molecule has 2 N–H and O–H groups in total. The minimum Gasteiger partial charge on any atom is -0.396 e. The molecule has 0 fully saturated rings. The highest BCUT2D eigenvalue weighted by atomic mass is 16.3. The number of aromatic nitrogens is 1. The maximum absolute atomic E-state index is 11.8. The van der Waals surface area contributed by atoms with E-state index in [-0.39, 0.29) is 12.5 Å². The number of amides is 1. The lowest BCUT2D eigenvalue weighted by molar-refractivity contribution is 0.0936. The van der Waals surface area contributed by atoms with Gasteiger partial charge in [0.2, 0.25) is 0 Å². The summed E-state index contributed by atoms with van der Waals surface area (Å²) in [5.74, 6) is 0.260. The summed E-state index contributed by atoms with van der Waals surface area (Å²) in [4.78, 5) is 11.8. The maximum atomic E-state index is 11.8. The summed E-state index contributed by atoms with van der Waals surface area (Å²) in [6.45, 7) is 5.58. The summed E-state index contributed by atoms with van der Waals surface area (Å²) in [5.41, 5.74) is 0.693. The molecule has 0 aliphatic carbocycles. The van der Waals surface area contributed by atoms with Gasteiger partial charge in [-0.15, -0.1) is 0 Å². The lowest BCUT2D eigenvalue weighted by atomic mass is 10.1. The molecular formula is C12H20N2O2. The third-order valence-corrected chi connectivity index (χ3v) is 2.64. The maximum Gasteiger partial charge on any atom is 0.267 e. The lowest BCUT2D eigenvalue weighted by Gasteiger charge is -2.12. The second-order valence-electron chi connectivity index (χ2n) is 4.01. The van der Waals surface area contributed by atoms with E-state index in [9.17, 15) is 4.79 Å². The third kappa shape index (κ3) is 3.38. The molecule has 1 unspecified atom stereocenters. The molecule has 1 atom stereocenters. The average molecular weight is 224 g/mol. The number of aliphatic hydroxyl groups is 1. The van der Waals surface area contributed by atoms with Crippen molar-refractivity contribution in [2.45, 2.75) is 26.8 Å². The van der Waals surface area contributed by atoms with E-state index in [1.165, 1.54) is 0 Å². The number of nitrogens with one attached hydrogen (secondary N) is 1. The molecule has 0 aromatic carbocycles. The van der Waals surface area contributed by atoms with Crippen molar-refractivity contribution in [1.29, 1.82) is 0 Å². The zero-order valence-electron chi connectivity index (χ0n) is 9.94. The first-order chi connectivity index (χ1) is 7.69. The zero-order valence-corrected chi connectivity index (χ0v) is 9.94. The predicted molar refractivity (Wildman–Crippen MR) is 63.3 cm³/mol. The molecule has 90 valence electrons. The summed E-state index contributed by atoms with van der Waals surface area (Å²) in [6.07, 6.45) is 2.61. The van der Waals surface area contributed by atoms with Crippen molar-refractivity contribution in [1.82, 2.24) is 9.88 Å². The van der Waals surface area contributed by atoms with Crippen molar-refractivity contribution in [3.8, 4) is 0 Å². The lowest BCUT2D eigenvalue weighted by Crippen LogP contribution is -2.30. The first-order valence-corrected chi connectivity index (χ1v) is 5.73. The molecule has 1 aromatic rings. The molecule has 0 radical (unpaired) electrons. The molecule has 4 heteroatoms. The first-order valence-electron chi connectivity index (χ1n) is 5.73. The Bertz CT molecular complexity index is 334. The first kappa shape index (κ1) is 12.8. The topological polar surface area (TPSA) is 54.3 Å². The molecule has 1 rings (SSSR count). The molecule has 0 spiro atoms. The Labute approximate surface area is 96.3 Å². The van der Waals surface area contributed by atoms with E-state index in [4.69, 9.17) is 5.11 Å². The molecule has 4 nitrogen and oxygen atoms in total. The summed E-state index contributed by atoms with van der Waals surface area (Å²) in [5, 5.41) is 11.6. The van der Waals surface area contributed by atoms with Gasteiger partial charge in [0.1, 0.15) is 5.69 Å². The van der Waals surface area contributed by atoms with E-state index < -0.39 is 0 Å². The van der Waals surface area contributed by atoms with E-state index in [0.717, 1.165) is 13.0 Å². The number of aryl methyl sites for hydroxylation is 1. The Hall–Kier alpha value is -1.29. The van der Waals surface area contributed by atoms with E-state index >= 15 is 0 Å². The number of hydrogen-bond acceptors (Lipinski definition) is 2. The van der Waals surface area contributed by atoms with Crippen LogP contribution in [-0.4, -0.2) is 28.7 Å². The van der Waals surface area contributed by atoms with Gasteiger partial charge in [-0.3, -0.25) is 4.79 Å². The number of carbonyl (C=O) groups is 1. The SMILES string of the molecule is CCn1cccc1C(=O)NCC(C)CCO. The second kappa shape index (κ2) is 6.33. The van der Waals surface area contributed by atoms with Gasteiger partial charge in [0.25, 0.3) is 5.91 Å². The Balaban J connectivity index is 2.46. The Kier molecular flexibility index (Phi) is 5.05. The van der Waals surface area contributed by atoms with Gasteiger partial charge in [-0.05, 0) is 31.4 Å². The molecular weight excluding hydrogens is 204 g/mol. The van der Waals surface area contributed by atoms with Crippen LogP contribution in [0.1, 0.15) is 30.8 Å². The number of carbonyl (C=O) groups excluding carboxylic acids is 1. The highest BCUT2D eigenvalue weighted by Crippen LogP contribution is 2.03. The van der Waals surface area contributed by atoms with Crippen LogP contribution >= 0.6 is 0 Å². The van der Waals surface area contributed by atoms with Crippen molar-refractivity contribution in [3.05, 3.63) is 24.0 Å². The van der Waals surface area contributed by atoms with Crippen LogP contribution in [0.5, 0.6) is 0 Å². The van der Waals surface area contributed by atoms with Crippen molar-refractivity contribution in [2.75, 3.05) is 13.2 Å². The summed E-state index contributed by atoms with van der Waals surface area (Å²) >= 11 is 0. The Morgan fingerprint density at radius 2 is 2.38 bits per heavy atom. The molecule has 0 bridgehead atoms. The van der Waals surface area contributed by atoms with Crippen LogP contribution in [0.3, 0.4) is 0 Å². The summed E-state index contributed by atoms with van der Waals surface area (Å²) < 4.78 is 1.91. The molecule has 0 aliphatic rings. The van der Waals surface area contributed by atoms with Gasteiger partial charge in [0, 0.05) is 25.9 Å². The van der Waals surface area contributed by atoms with Crippen molar-refractivity contribution >= 4 is 5.91 Å². The van der Waals surface area contributed by atoms with Gasteiger partial charge in [-0.2, -0.15) is 0 Å². The number of nitrogens with zero attached hydrogens (tertiary/aromatic N) is 1. The fraction of sp³-hybridized carbons (Fsp3) is 0.583. The van der Waals surface area contributed by atoms with Crippen LogP contribution in [0.25, 0.3) is 0 Å². The predicted octanol–water partition coefficient (Wildman–Crippen LogP) is 1.26. The molecule has 1 amide bonds. The molecule has 0 saturated heterocycles. The minimum absolute atomic E-state index is 0.0448. The minimum atomic E-state index is -0.0448. The number of hydrogen-bond donors (Lipinski definition) is 2. The van der Waals surface area contributed by atoms with Crippen LogP contribution in [0.2, 0.25) is 0 Å². The van der Waals surface area contributed by atoms with E-state index in [1.54, 1.807) is 0 Å². The molecule has 16 heavy (non-hydrogen) atoms. The fourth-order valence-corrected chi connectivity index (χ4v) is 1.58. The van der Waals surface area contributed by atoms with Gasteiger partial charge in [0.15, 0.2) is 0 Å². The molecule has 0 saturated carbocycles. The summed E-state index contributed by atoms with van der Waals surface area (Å²) in [7, 11) is 0. The Morgan fingerprint density at radius 3 is 3.00 bits per heavy atom. The van der Waals surface area contributed by atoms with Gasteiger partial charge >= 0.3 is 0 Å². The van der Waals surface area contributed by atoms with Gasteiger partial charge in [-0.25, -0.2) is 0 Å². The third-order valence-electron chi connectivity index (χ3n) is 2.64. The van der Waals surface area contributed by atoms with Gasteiger partial charge in [-0.1, -0.05) is 6.92 Å². The number of aliphatic hydroxyl groups excluding tert-OH is 1. The quantitative estimate of drug-likeness (QED) is 0.764. The Morgan fingerprint density at radius 1 is 1.62 bits per heavy atom. The van der Waals surface area contributed by atoms with Crippen LogP contribution in [0.15, 0.2) is 18.3 Å². The van der Waals surface area contributed by atoms with Crippen LogP contribution in [-0.2, 0) is 6.54 Å². The van der Waals surface area contributed by atoms with Crippen molar-refractivity contribution in [3.63, 3.8) is 0 Å². The highest BCUT2D eigenvalue weighted by Gasteiger charge is 2.10. The van der Waals surface area contributed by atoms with Crippen LogP contribution < -0.4 is 5.32 Å². The standard InChI is InChI=1S/C12H20N2O2/c1-3-14-7-4-5-11(14)12(16)13-9-10(2)6-8-15/h4-5,7,10,15H,3,6,8-9H2,1-2H3,(H,13,16). The van der Waals surface area contributed by atoms with Crippen LogP contribution in [0.4, 0.5) is 0 Å². The van der Waals surface area contributed by atoms with E-state index in [0.29, 0.717) is 18.2 Å². The van der Waals surface area contributed by atoms with Gasteiger partial charge < -0.3 is 15.0 Å². The summed E-state index contributed by atoms with van der Waals surface area (Å²) in [6, 6.07) is 3.69. The van der Waals surface area contributed by atoms with E-state index in [2.05, 4.69) is 5.32 Å². The van der Waals surface area contributed by atoms with Crippen molar-refractivity contribution < 1.29 is 9.90 Å². The average Bonchev–Trinajstić information content (AvgIpc) is 2.74. The molecule has 1 aromatic heterocycles. The second-order valence-corrected chi connectivity index (χ2v) is 4.01. The largest absolute Gasteiger partial charge is 0.396 e. The normalized spacial score (nSPS) is 12.4. The number of rotatable bonds is 6. The van der Waals surface area contributed by atoms with E-state index in [1.807, 2.05) is 36.7 Å².